The third-order valence-corrected chi connectivity index (χ3v) is 2.25. The summed E-state index contributed by atoms with van der Waals surface area (Å²) in [4.78, 5) is 38.8. The summed E-state index contributed by atoms with van der Waals surface area (Å²) in [5.74, 6) is -2.37. The average molecular weight is 280 g/mol. The summed E-state index contributed by atoms with van der Waals surface area (Å²) in [7, 11) is 1.36. The molecule has 0 radical (unpaired) electrons. The monoisotopic (exact) mass is 280 g/mol. The molecule has 0 aliphatic carbocycles. The lowest BCUT2D eigenvalue weighted by atomic mass is 10.2. The summed E-state index contributed by atoms with van der Waals surface area (Å²) in [5, 5.41) is 2.17. The highest BCUT2D eigenvalue weighted by Crippen LogP contribution is 2.02. The van der Waals surface area contributed by atoms with Gasteiger partial charge in [0.2, 0.25) is 11.9 Å². The van der Waals surface area contributed by atoms with E-state index in [9.17, 15) is 14.4 Å². The molecule has 0 saturated carbocycles. The summed E-state index contributed by atoms with van der Waals surface area (Å²) in [6.07, 6.45) is 0. The molecule has 1 amide bonds. The topological polar surface area (TPSA) is 93.7 Å². The first kappa shape index (κ1) is 15.6. The summed E-state index contributed by atoms with van der Waals surface area (Å²) >= 11 is 0. The van der Waals surface area contributed by atoms with Gasteiger partial charge in [0.05, 0.1) is 0 Å². The normalized spacial score (nSPS) is 11.3. The van der Waals surface area contributed by atoms with Gasteiger partial charge in [0, 0.05) is 14.0 Å². The molecule has 1 unspecified atom stereocenters. The van der Waals surface area contributed by atoms with E-state index in [2.05, 4.69) is 15.6 Å². The molecule has 0 fully saturated rings. The van der Waals surface area contributed by atoms with Gasteiger partial charge < -0.3 is 14.9 Å². The molecule has 0 heterocycles. The predicted molar refractivity (Wildman–Crippen MR) is 69.0 cm³/mol. The van der Waals surface area contributed by atoms with Crippen molar-refractivity contribution >= 4 is 17.8 Å². The quantitative estimate of drug-likeness (QED) is 0.430. The standard InChI is InChI=1S/C13H16N2O5/c1-9(16)15-11(13(18)20-14-2)12(17)19-8-10-6-4-3-5-7-10/h3-7,11,14H,8H2,1-2H3,(H,15,16). The van der Waals surface area contributed by atoms with E-state index >= 15 is 0 Å². The second-order valence-corrected chi connectivity index (χ2v) is 3.85. The Labute approximate surface area is 116 Å². The van der Waals surface area contributed by atoms with Crippen molar-refractivity contribution in [1.82, 2.24) is 10.8 Å². The zero-order chi connectivity index (χ0) is 15.0. The fourth-order valence-corrected chi connectivity index (χ4v) is 1.39. The van der Waals surface area contributed by atoms with Crippen LogP contribution in [0.2, 0.25) is 0 Å². The predicted octanol–water partition coefficient (Wildman–Crippen LogP) is -0.0879. The number of carbonyl (C=O) groups excluding carboxylic acids is 3. The van der Waals surface area contributed by atoms with Gasteiger partial charge in [-0.25, -0.2) is 9.59 Å². The van der Waals surface area contributed by atoms with Crippen LogP contribution in [0.3, 0.4) is 0 Å². The SMILES string of the molecule is CNOC(=O)C(NC(C)=O)C(=O)OCc1ccccc1. The third kappa shape index (κ3) is 5.07. The number of benzene rings is 1. The van der Waals surface area contributed by atoms with Gasteiger partial charge in [0.25, 0.3) is 0 Å². The Kier molecular flexibility index (Phi) is 6.18. The Morgan fingerprint density at radius 2 is 1.80 bits per heavy atom. The van der Waals surface area contributed by atoms with E-state index in [1.165, 1.54) is 14.0 Å². The van der Waals surface area contributed by atoms with Crippen LogP contribution in [0.4, 0.5) is 0 Å². The molecule has 2 N–H and O–H groups in total. The zero-order valence-electron chi connectivity index (χ0n) is 11.2. The van der Waals surface area contributed by atoms with Crippen molar-refractivity contribution < 1.29 is 24.0 Å². The van der Waals surface area contributed by atoms with Crippen molar-refractivity contribution in [2.45, 2.75) is 19.6 Å². The first-order valence-corrected chi connectivity index (χ1v) is 5.89. The van der Waals surface area contributed by atoms with Gasteiger partial charge in [0.15, 0.2) is 0 Å². The molecule has 0 bridgehead atoms. The maximum atomic E-state index is 11.8. The maximum Gasteiger partial charge on any atom is 0.359 e. The molecule has 7 nitrogen and oxygen atoms in total. The van der Waals surface area contributed by atoms with Gasteiger partial charge in [-0.15, -0.1) is 0 Å². The van der Waals surface area contributed by atoms with E-state index in [1.807, 2.05) is 6.07 Å². The number of hydrogen-bond donors (Lipinski definition) is 2. The van der Waals surface area contributed by atoms with Gasteiger partial charge in [0.1, 0.15) is 6.61 Å². The summed E-state index contributed by atoms with van der Waals surface area (Å²) in [6.45, 7) is 1.19. The summed E-state index contributed by atoms with van der Waals surface area (Å²) in [5.41, 5.74) is 2.91. The van der Waals surface area contributed by atoms with Crippen molar-refractivity contribution in [2.75, 3.05) is 7.05 Å². The van der Waals surface area contributed by atoms with E-state index in [4.69, 9.17) is 4.74 Å². The van der Waals surface area contributed by atoms with Gasteiger partial charge >= 0.3 is 11.9 Å². The van der Waals surface area contributed by atoms with Gasteiger partial charge in [-0.05, 0) is 5.56 Å². The minimum Gasteiger partial charge on any atom is -0.459 e. The molecule has 1 rings (SSSR count). The van der Waals surface area contributed by atoms with Gasteiger partial charge in [-0.3, -0.25) is 4.79 Å². The zero-order valence-corrected chi connectivity index (χ0v) is 11.2. The smallest absolute Gasteiger partial charge is 0.359 e. The summed E-state index contributed by atoms with van der Waals surface area (Å²) in [6, 6.07) is 7.46. The summed E-state index contributed by atoms with van der Waals surface area (Å²) < 4.78 is 4.98. The Morgan fingerprint density at radius 3 is 2.35 bits per heavy atom. The molecule has 1 aromatic carbocycles. The second kappa shape index (κ2) is 7.90. The van der Waals surface area contributed by atoms with E-state index in [-0.39, 0.29) is 6.61 Å². The number of esters is 1. The second-order valence-electron chi connectivity index (χ2n) is 3.85. The molecule has 108 valence electrons. The Bertz CT molecular complexity index is 475. The number of hydrogen-bond acceptors (Lipinski definition) is 6. The van der Waals surface area contributed by atoms with Crippen LogP contribution in [-0.2, 0) is 30.6 Å². The van der Waals surface area contributed by atoms with E-state index in [0.717, 1.165) is 5.56 Å². The molecule has 1 aromatic rings. The van der Waals surface area contributed by atoms with E-state index in [1.54, 1.807) is 24.3 Å². The Morgan fingerprint density at radius 1 is 1.15 bits per heavy atom. The molecule has 0 aromatic heterocycles. The van der Waals surface area contributed by atoms with Crippen molar-refractivity contribution in [1.29, 1.82) is 0 Å². The van der Waals surface area contributed by atoms with Gasteiger partial charge in [-0.1, -0.05) is 30.3 Å². The van der Waals surface area contributed by atoms with Crippen LogP contribution in [0.25, 0.3) is 0 Å². The molecular weight excluding hydrogens is 264 g/mol. The van der Waals surface area contributed by atoms with Crippen LogP contribution < -0.4 is 10.8 Å². The van der Waals surface area contributed by atoms with Crippen LogP contribution in [0.15, 0.2) is 30.3 Å². The van der Waals surface area contributed by atoms with Crippen molar-refractivity contribution in [2.24, 2.45) is 0 Å². The minimum absolute atomic E-state index is 0.00257. The molecule has 0 spiro atoms. The molecule has 20 heavy (non-hydrogen) atoms. The number of nitrogens with one attached hydrogen (secondary N) is 2. The lowest BCUT2D eigenvalue weighted by Gasteiger charge is -2.15. The van der Waals surface area contributed by atoms with Crippen molar-refractivity contribution in [3.63, 3.8) is 0 Å². The molecule has 0 aliphatic rings. The maximum absolute atomic E-state index is 11.8. The number of rotatable bonds is 6. The highest BCUT2D eigenvalue weighted by atomic mass is 16.7. The Balaban J connectivity index is 2.63. The molecular formula is C13H16N2O5. The number of ether oxygens (including phenoxy) is 1. The van der Waals surface area contributed by atoms with Crippen molar-refractivity contribution in [3.8, 4) is 0 Å². The molecule has 0 saturated heterocycles. The first-order valence-electron chi connectivity index (χ1n) is 5.89. The van der Waals surface area contributed by atoms with Crippen LogP contribution in [0.5, 0.6) is 0 Å². The number of hydroxylamine groups is 1. The molecule has 1 atom stereocenters. The average Bonchev–Trinajstić information content (AvgIpc) is 2.43. The molecule has 7 heteroatoms. The van der Waals surface area contributed by atoms with E-state index < -0.39 is 23.9 Å². The van der Waals surface area contributed by atoms with Crippen molar-refractivity contribution in [3.05, 3.63) is 35.9 Å². The lowest BCUT2D eigenvalue weighted by Crippen LogP contribution is -2.48. The highest BCUT2D eigenvalue weighted by molar-refractivity contribution is 6.02. The fourth-order valence-electron chi connectivity index (χ4n) is 1.39. The number of amides is 1. The Hall–Kier alpha value is -2.41. The lowest BCUT2D eigenvalue weighted by molar-refractivity contribution is -0.164. The van der Waals surface area contributed by atoms with Crippen LogP contribution in [0.1, 0.15) is 12.5 Å². The third-order valence-electron chi connectivity index (χ3n) is 2.25. The number of carbonyl (C=O) groups is 3. The molecule has 0 aliphatic heterocycles. The van der Waals surface area contributed by atoms with Gasteiger partial charge in [-0.2, -0.15) is 5.48 Å². The van der Waals surface area contributed by atoms with Crippen LogP contribution in [-0.4, -0.2) is 30.9 Å². The minimum atomic E-state index is -1.50. The highest BCUT2D eigenvalue weighted by Gasteiger charge is 2.31. The fraction of sp³-hybridized carbons (Fsp3) is 0.308. The largest absolute Gasteiger partial charge is 0.459 e. The van der Waals surface area contributed by atoms with E-state index in [0.29, 0.717) is 0 Å². The van der Waals surface area contributed by atoms with Crippen LogP contribution in [0, 0.1) is 0 Å². The first-order chi connectivity index (χ1) is 9.54. The van der Waals surface area contributed by atoms with Crippen LogP contribution >= 0.6 is 0 Å².